The smallest absolute Gasteiger partial charge is 0.191 e. The molecule has 1 atom stereocenters. The van der Waals surface area contributed by atoms with Gasteiger partial charge in [0.05, 0.1) is 5.69 Å². The minimum Gasteiger partial charge on any atom is -0.356 e. The number of aromatic nitrogens is 2. The van der Waals surface area contributed by atoms with Gasteiger partial charge in [-0.2, -0.15) is 5.10 Å². The summed E-state index contributed by atoms with van der Waals surface area (Å²) in [7, 11) is 1.82. The SMILES string of the molecule is CN=C(NCCCN1CCCCC1C)NCc1ccc(-n2cccn2)cc1.I. The minimum absolute atomic E-state index is 0. The Morgan fingerprint density at radius 3 is 2.71 bits per heavy atom. The first kappa shape index (κ1) is 22.7. The second-order valence-electron chi connectivity index (χ2n) is 7.20. The van der Waals surface area contributed by atoms with Crippen LogP contribution in [0.25, 0.3) is 5.69 Å². The highest BCUT2D eigenvalue weighted by Gasteiger charge is 2.17. The van der Waals surface area contributed by atoms with Crippen LogP contribution in [0.2, 0.25) is 0 Å². The van der Waals surface area contributed by atoms with Gasteiger partial charge in [0.2, 0.25) is 0 Å². The number of piperidine rings is 1. The molecule has 1 aliphatic heterocycles. The fourth-order valence-corrected chi connectivity index (χ4v) is 3.57. The van der Waals surface area contributed by atoms with E-state index in [2.05, 4.69) is 56.8 Å². The van der Waals surface area contributed by atoms with Crippen LogP contribution < -0.4 is 10.6 Å². The van der Waals surface area contributed by atoms with Gasteiger partial charge in [0.15, 0.2) is 5.96 Å². The molecule has 0 saturated carbocycles. The Bertz CT molecular complexity index is 698. The summed E-state index contributed by atoms with van der Waals surface area (Å²) >= 11 is 0. The average Bonchev–Trinajstić information content (AvgIpc) is 3.24. The van der Waals surface area contributed by atoms with E-state index in [-0.39, 0.29) is 24.0 Å². The normalized spacial score (nSPS) is 17.8. The van der Waals surface area contributed by atoms with Crippen LogP contribution in [0.3, 0.4) is 0 Å². The summed E-state index contributed by atoms with van der Waals surface area (Å²) < 4.78 is 1.86. The van der Waals surface area contributed by atoms with Gasteiger partial charge in [-0.3, -0.25) is 4.99 Å². The molecule has 3 rings (SSSR count). The molecule has 154 valence electrons. The number of halogens is 1. The molecule has 2 heterocycles. The average molecular weight is 496 g/mol. The van der Waals surface area contributed by atoms with Crippen molar-refractivity contribution < 1.29 is 0 Å². The van der Waals surface area contributed by atoms with Crippen molar-refractivity contribution in [2.24, 2.45) is 4.99 Å². The van der Waals surface area contributed by atoms with Crippen molar-refractivity contribution in [2.45, 2.75) is 45.2 Å². The molecule has 0 aliphatic carbocycles. The second kappa shape index (κ2) is 12.1. The van der Waals surface area contributed by atoms with Gasteiger partial charge in [-0.25, -0.2) is 4.68 Å². The molecular formula is C21H33IN6. The highest BCUT2D eigenvalue weighted by Crippen LogP contribution is 2.16. The number of nitrogens with one attached hydrogen (secondary N) is 2. The summed E-state index contributed by atoms with van der Waals surface area (Å²) in [5.74, 6) is 0.859. The highest BCUT2D eigenvalue weighted by molar-refractivity contribution is 14.0. The lowest BCUT2D eigenvalue weighted by Crippen LogP contribution is -2.41. The Morgan fingerprint density at radius 2 is 2.04 bits per heavy atom. The van der Waals surface area contributed by atoms with Crippen LogP contribution in [-0.2, 0) is 6.54 Å². The zero-order valence-corrected chi connectivity index (χ0v) is 19.3. The van der Waals surface area contributed by atoms with Gasteiger partial charge >= 0.3 is 0 Å². The lowest BCUT2D eigenvalue weighted by atomic mass is 10.0. The molecule has 2 aromatic rings. The minimum atomic E-state index is 0. The van der Waals surface area contributed by atoms with E-state index < -0.39 is 0 Å². The number of rotatable bonds is 7. The Labute approximate surface area is 185 Å². The standard InChI is InChI=1S/C21H32N6.HI/c1-18-7-3-4-14-26(18)15-5-12-23-21(22-2)24-17-19-8-10-20(11-9-19)27-16-6-13-25-27;/h6,8-11,13,16,18H,3-5,7,12,14-15,17H2,1-2H3,(H2,22,23,24);1H. The van der Waals surface area contributed by atoms with Crippen molar-refractivity contribution in [3.63, 3.8) is 0 Å². The van der Waals surface area contributed by atoms with E-state index in [1.54, 1.807) is 6.20 Å². The van der Waals surface area contributed by atoms with Crippen molar-refractivity contribution in [2.75, 3.05) is 26.7 Å². The summed E-state index contributed by atoms with van der Waals surface area (Å²) in [6.45, 7) is 6.47. The van der Waals surface area contributed by atoms with E-state index in [9.17, 15) is 0 Å². The maximum absolute atomic E-state index is 4.33. The van der Waals surface area contributed by atoms with Crippen molar-refractivity contribution >= 4 is 29.9 Å². The topological polar surface area (TPSA) is 57.5 Å². The van der Waals surface area contributed by atoms with Gasteiger partial charge < -0.3 is 15.5 Å². The number of aliphatic imine (C=N–C) groups is 1. The van der Waals surface area contributed by atoms with Crippen LogP contribution in [-0.4, -0.2) is 53.4 Å². The molecule has 0 bridgehead atoms. The quantitative estimate of drug-likeness (QED) is 0.267. The maximum Gasteiger partial charge on any atom is 0.191 e. The lowest BCUT2D eigenvalue weighted by molar-refractivity contribution is 0.159. The van der Waals surface area contributed by atoms with Gasteiger partial charge in [0, 0.05) is 45.1 Å². The number of benzene rings is 1. The molecular weight excluding hydrogens is 463 g/mol. The Kier molecular flexibility index (Phi) is 9.77. The van der Waals surface area contributed by atoms with Gasteiger partial charge in [-0.05, 0) is 56.5 Å². The monoisotopic (exact) mass is 496 g/mol. The third kappa shape index (κ3) is 6.77. The number of likely N-dealkylation sites (tertiary alicyclic amines) is 1. The summed E-state index contributed by atoms with van der Waals surface area (Å²) in [4.78, 5) is 6.94. The van der Waals surface area contributed by atoms with Crippen LogP contribution >= 0.6 is 24.0 Å². The molecule has 1 saturated heterocycles. The molecule has 2 N–H and O–H groups in total. The summed E-state index contributed by atoms with van der Waals surface area (Å²) in [6.07, 6.45) is 8.95. The van der Waals surface area contributed by atoms with Gasteiger partial charge in [-0.15, -0.1) is 24.0 Å². The van der Waals surface area contributed by atoms with E-state index in [4.69, 9.17) is 0 Å². The molecule has 0 radical (unpaired) electrons. The predicted octanol–water partition coefficient (Wildman–Crippen LogP) is 3.42. The molecule has 0 spiro atoms. The largest absolute Gasteiger partial charge is 0.356 e. The van der Waals surface area contributed by atoms with E-state index in [0.717, 1.165) is 37.2 Å². The molecule has 0 amide bonds. The highest BCUT2D eigenvalue weighted by atomic mass is 127. The van der Waals surface area contributed by atoms with E-state index in [1.807, 2.05) is 24.0 Å². The molecule has 28 heavy (non-hydrogen) atoms. The van der Waals surface area contributed by atoms with E-state index in [0.29, 0.717) is 0 Å². The van der Waals surface area contributed by atoms with Crippen LogP contribution in [0.15, 0.2) is 47.7 Å². The molecule has 1 fully saturated rings. The van der Waals surface area contributed by atoms with Crippen molar-refractivity contribution in [1.82, 2.24) is 25.3 Å². The van der Waals surface area contributed by atoms with Gasteiger partial charge in [-0.1, -0.05) is 18.6 Å². The summed E-state index contributed by atoms with van der Waals surface area (Å²) in [5.41, 5.74) is 2.29. The van der Waals surface area contributed by atoms with E-state index in [1.165, 1.54) is 37.9 Å². The van der Waals surface area contributed by atoms with Gasteiger partial charge in [0.25, 0.3) is 0 Å². The lowest BCUT2D eigenvalue weighted by Gasteiger charge is -2.33. The molecule has 6 nitrogen and oxygen atoms in total. The van der Waals surface area contributed by atoms with Crippen LogP contribution in [0.4, 0.5) is 0 Å². The zero-order valence-electron chi connectivity index (χ0n) is 17.0. The summed E-state index contributed by atoms with van der Waals surface area (Å²) in [6, 6.07) is 11.1. The number of hydrogen-bond donors (Lipinski definition) is 2. The fraction of sp³-hybridized carbons (Fsp3) is 0.524. The predicted molar refractivity (Wildman–Crippen MR) is 127 cm³/mol. The molecule has 1 aliphatic rings. The van der Waals surface area contributed by atoms with Crippen molar-refractivity contribution in [1.29, 1.82) is 0 Å². The van der Waals surface area contributed by atoms with Crippen molar-refractivity contribution in [3.8, 4) is 5.69 Å². The summed E-state index contributed by atoms with van der Waals surface area (Å²) in [5, 5.41) is 11.1. The third-order valence-electron chi connectivity index (χ3n) is 5.24. The third-order valence-corrected chi connectivity index (χ3v) is 5.24. The Balaban J connectivity index is 0.00000280. The zero-order chi connectivity index (χ0) is 18.9. The molecule has 7 heteroatoms. The fourth-order valence-electron chi connectivity index (χ4n) is 3.57. The first-order chi connectivity index (χ1) is 13.3. The maximum atomic E-state index is 4.33. The van der Waals surface area contributed by atoms with Crippen molar-refractivity contribution in [3.05, 3.63) is 48.3 Å². The number of hydrogen-bond acceptors (Lipinski definition) is 3. The molecule has 1 aromatic heterocycles. The van der Waals surface area contributed by atoms with Crippen LogP contribution in [0, 0.1) is 0 Å². The number of guanidine groups is 1. The Morgan fingerprint density at radius 1 is 1.21 bits per heavy atom. The van der Waals surface area contributed by atoms with Crippen LogP contribution in [0.1, 0.15) is 38.2 Å². The first-order valence-electron chi connectivity index (χ1n) is 10.0. The number of nitrogens with zero attached hydrogens (tertiary/aromatic N) is 4. The Hall–Kier alpha value is -1.61. The van der Waals surface area contributed by atoms with Crippen LogP contribution in [0.5, 0.6) is 0 Å². The van der Waals surface area contributed by atoms with E-state index >= 15 is 0 Å². The molecule has 1 unspecified atom stereocenters. The second-order valence-corrected chi connectivity index (χ2v) is 7.20. The first-order valence-corrected chi connectivity index (χ1v) is 10.0. The molecule has 1 aromatic carbocycles. The van der Waals surface area contributed by atoms with Gasteiger partial charge in [0.1, 0.15) is 0 Å².